The zero-order valence-electron chi connectivity index (χ0n) is 12.3. The van der Waals surface area contributed by atoms with Crippen LogP contribution in [-0.4, -0.2) is 28.9 Å². The molecule has 2 N–H and O–H groups in total. The summed E-state index contributed by atoms with van der Waals surface area (Å²) in [6.45, 7) is 8.01. The van der Waals surface area contributed by atoms with Gasteiger partial charge in [0.1, 0.15) is 11.9 Å². The Kier molecular flexibility index (Phi) is 4.23. The van der Waals surface area contributed by atoms with Gasteiger partial charge in [0.15, 0.2) is 0 Å². The SMILES string of the molecule is C=C1CC/C=C(\O)[C@H](O)C[C@@H]2[C@H]1C[C@]2(C)COC(C)=O. The minimum Gasteiger partial charge on any atom is -0.510 e. The number of hydrogen-bond acceptors (Lipinski definition) is 4. The van der Waals surface area contributed by atoms with Gasteiger partial charge in [0.25, 0.3) is 0 Å². The van der Waals surface area contributed by atoms with E-state index in [2.05, 4.69) is 13.5 Å². The van der Waals surface area contributed by atoms with E-state index in [0.717, 1.165) is 12.8 Å². The summed E-state index contributed by atoms with van der Waals surface area (Å²) in [6, 6.07) is 0. The number of carbonyl (C=O) groups excluding carboxylic acids is 1. The quantitative estimate of drug-likeness (QED) is 0.603. The summed E-state index contributed by atoms with van der Waals surface area (Å²) in [4.78, 5) is 11.0. The molecule has 0 aromatic rings. The molecule has 0 spiro atoms. The highest BCUT2D eigenvalue weighted by atomic mass is 16.5. The minimum atomic E-state index is -0.828. The van der Waals surface area contributed by atoms with E-state index in [-0.39, 0.29) is 23.1 Å². The Balaban J connectivity index is 2.13. The molecule has 4 atom stereocenters. The van der Waals surface area contributed by atoms with E-state index >= 15 is 0 Å². The van der Waals surface area contributed by atoms with Crippen LogP contribution in [0.4, 0.5) is 0 Å². The zero-order chi connectivity index (χ0) is 14.9. The number of aliphatic hydroxyl groups is 2. The van der Waals surface area contributed by atoms with E-state index in [1.807, 2.05) is 0 Å². The maximum atomic E-state index is 11.0. The number of aliphatic hydroxyl groups excluding tert-OH is 2. The molecule has 1 fully saturated rings. The molecule has 2 aliphatic rings. The van der Waals surface area contributed by atoms with Gasteiger partial charge in [-0.2, -0.15) is 0 Å². The van der Waals surface area contributed by atoms with Crippen LogP contribution >= 0.6 is 0 Å². The van der Waals surface area contributed by atoms with Crippen molar-refractivity contribution in [3.63, 3.8) is 0 Å². The smallest absolute Gasteiger partial charge is 0.302 e. The lowest BCUT2D eigenvalue weighted by molar-refractivity contribution is -0.153. The molecule has 4 nitrogen and oxygen atoms in total. The van der Waals surface area contributed by atoms with Crippen molar-refractivity contribution in [2.24, 2.45) is 17.3 Å². The summed E-state index contributed by atoms with van der Waals surface area (Å²) < 4.78 is 5.17. The summed E-state index contributed by atoms with van der Waals surface area (Å²) in [5.41, 5.74) is 1.04. The van der Waals surface area contributed by atoms with Crippen LogP contribution in [0.5, 0.6) is 0 Å². The van der Waals surface area contributed by atoms with E-state index in [1.165, 1.54) is 12.5 Å². The van der Waals surface area contributed by atoms with Crippen LogP contribution in [0.1, 0.15) is 39.5 Å². The lowest BCUT2D eigenvalue weighted by Crippen LogP contribution is -2.51. The lowest BCUT2D eigenvalue weighted by atomic mass is 9.51. The predicted octanol–water partition coefficient (Wildman–Crippen LogP) is 2.73. The topological polar surface area (TPSA) is 66.8 Å². The molecule has 0 amide bonds. The van der Waals surface area contributed by atoms with Crippen molar-refractivity contribution in [2.75, 3.05) is 6.61 Å². The monoisotopic (exact) mass is 280 g/mol. The highest BCUT2D eigenvalue weighted by Crippen LogP contribution is 2.57. The fourth-order valence-electron chi connectivity index (χ4n) is 3.52. The van der Waals surface area contributed by atoms with Crippen molar-refractivity contribution < 1.29 is 19.7 Å². The molecule has 112 valence electrons. The molecule has 0 aliphatic heterocycles. The molecular weight excluding hydrogens is 256 g/mol. The van der Waals surface area contributed by atoms with Gasteiger partial charge >= 0.3 is 5.97 Å². The van der Waals surface area contributed by atoms with Crippen LogP contribution in [0, 0.1) is 17.3 Å². The van der Waals surface area contributed by atoms with Crippen molar-refractivity contribution in [2.45, 2.75) is 45.6 Å². The number of hydrogen-bond donors (Lipinski definition) is 2. The van der Waals surface area contributed by atoms with Crippen LogP contribution in [0.25, 0.3) is 0 Å². The average molecular weight is 280 g/mol. The van der Waals surface area contributed by atoms with Gasteiger partial charge in [-0.05, 0) is 43.6 Å². The van der Waals surface area contributed by atoms with E-state index in [1.54, 1.807) is 6.08 Å². The Morgan fingerprint density at radius 1 is 1.60 bits per heavy atom. The van der Waals surface area contributed by atoms with Crippen LogP contribution in [-0.2, 0) is 9.53 Å². The Labute approximate surface area is 120 Å². The summed E-state index contributed by atoms with van der Waals surface area (Å²) in [6.07, 6.45) is 3.82. The average Bonchev–Trinajstić information content (AvgIpc) is 2.41. The fraction of sp³-hybridized carbons (Fsp3) is 0.688. The normalized spacial score (nSPS) is 40.2. The maximum absolute atomic E-state index is 11.0. The van der Waals surface area contributed by atoms with Gasteiger partial charge in [0, 0.05) is 12.3 Å². The first kappa shape index (κ1) is 15.1. The minimum absolute atomic E-state index is 0.0557. The number of ether oxygens (including phenoxy) is 1. The van der Waals surface area contributed by atoms with Gasteiger partial charge in [-0.1, -0.05) is 19.1 Å². The van der Waals surface area contributed by atoms with Crippen molar-refractivity contribution in [3.05, 3.63) is 24.0 Å². The maximum Gasteiger partial charge on any atom is 0.302 e. The van der Waals surface area contributed by atoms with E-state index < -0.39 is 6.10 Å². The Hall–Kier alpha value is -1.29. The summed E-state index contributed by atoms with van der Waals surface area (Å²) in [5.74, 6) is 0.322. The van der Waals surface area contributed by atoms with Gasteiger partial charge < -0.3 is 14.9 Å². The van der Waals surface area contributed by atoms with Gasteiger partial charge in [-0.15, -0.1) is 0 Å². The number of esters is 1. The van der Waals surface area contributed by atoms with Crippen molar-refractivity contribution >= 4 is 5.97 Å². The first-order valence-electron chi connectivity index (χ1n) is 7.21. The first-order chi connectivity index (χ1) is 9.33. The third-order valence-electron chi connectivity index (χ3n) is 4.83. The second-order valence-electron chi connectivity index (χ2n) is 6.43. The lowest BCUT2D eigenvalue weighted by Gasteiger charge is -2.54. The number of rotatable bonds is 2. The number of fused-ring (bicyclic) bond motifs is 1. The Morgan fingerprint density at radius 3 is 2.95 bits per heavy atom. The molecule has 0 unspecified atom stereocenters. The molecule has 0 aromatic heterocycles. The van der Waals surface area contributed by atoms with Crippen LogP contribution in [0.15, 0.2) is 24.0 Å². The number of allylic oxidation sites excluding steroid dienone is 2. The zero-order valence-corrected chi connectivity index (χ0v) is 12.3. The number of carbonyl (C=O) groups is 1. The third kappa shape index (κ3) is 2.90. The Morgan fingerprint density at radius 2 is 2.30 bits per heavy atom. The molecule has 2 rings (SSSR count). The van der Waals surface area contributed by atoms with Crippen molar-refractivity contribution in [1.82, 2.24) is 0 Å². The van der Waals surface area contributed by atoms with Crippen molar-refractivity contribution in [1.29, 1.82) is 0 Å². The summed E-state index contributed by atoms with van der Waals surface area (Å²) in [5, 5.41) is 19.9. The summed E-state index contributed by atoms with van der Waals surface area (Å²) >= 11 is 0. The Bertz CT molecular complexity index is 440. The van der Waals surface area contributed by atoms with Crippen LogP contribution in [0.2, 0.25) is 0 Å². The van der Waals surface area contributed by atoms with Gasteiger partial charge in [0.2, 0.25) is 0 Å². The molecule has 4 heteroatoms. The van der Waals surface area contributed by atoms with Crippen LogP contribution in [0.3, 0.4) is 0 Å². The van der Waals surface area contributed by atoms with Crippen LogP contribution < -0.4 is 0 Å². The van der Waals surface area contributed by atoms with Gasteiger partial charge in [-0.25, -0.2) is 0 Å². The second-order valence-corrected chi connectivity index (χ2v) is 6.43. The van der Waals surface area contributed by atoms with E-state index in [9.17, 15) is 15.0 Å². The van der Waals surface area contributed by atoms with Crippen molar-refractivity contribution in [3.8, 4) is 0 Å². The first-order valence-corrected chi connectivity index (χ1v) is 7.21. The summed E-state index contributed by atoms with van der Waals surface area (Å²) in [7, 11) is 0. The molecule has 1 saturated carbocycles. The highest BCUT2D eigenvalue weighted by molar-refractivity contribution is 5.65. The molecule has 0 heterocycles. The largest absolute Gasteiger partial charge is 0.510 e. The standard InChI is InChI=1S/C16H24O4/c1-10-5-4-6-14(18)15(19)7-13-12(10)8-16(13,3)9-20-11(2)17/h6,12-13,15,18-19H,1,4-5,7-9H2,2-3H3/b14-6-/t12-,13+,15+,16+/m0/s1. The molecule has 0 aromatic carbocycles. The third-order valence-corrected chi connectivity index (χ3v) is 4.83. The molecule has 2 aliphatic carbocycles. The second kappa shape index (κ2) is 5.60. The molecular formula is C16H24O4. The van der Waals surface area contributed by atoms with Gasteiger partial charge in [-0.3, -0.25) is 4.79 Å². The fourth-order valence-corrected chi connectivity index (χ4v) is 3.52. The van der Waals surface area contributed by atoms with E-state index in [4.69, 9.17) is 4.74 Å². The van der Waals surface area contributed by atoms with E-state index in [0.29, 0.717) is 25.4 Å². The predicted molar refractivity (Wildman–Crippen MR) is 76.0 cm³/mol. The molecule has 0 saturated heterocycles. The molecule has 20 heavy (non-hydrogen) atoms. The molecule has 0 radical (unpaired) electrons. The molecule has 0 bridgehead atoms. The van der Waals surface area contributed by atoms with Gasteiger partial charge in [0.05, 0.1) is 6.61 Å². The highest BCUT2D eigenvalue weighted by Gasteiger charge is 2.52.